The lowest BCUT2D eigenvalue weighted by atomic mass is 9.94. The second-order valence-corrected chi connectivity index (χ2v) is 7.74. The van der Waals surface area contributed by atoms with Crippen LogP contribution in [0.15, 0.2) is 18.7 Å². The third-order valence-corrected chi connectivity index (χ3v) is 5.84. The number of carbonyl (C=O) groups is 1. The largest absolute Gasteiger partial charge is 0.349 e. The molecular formula is C19H29N7O. The Labute approximate surface area is 159 Å². The summed E-state index contributed by atoms with van der Waals surface area (Å²) in [7, 11) is 0. The molecule has 1 N–H and O–H groups in total. The van der Waals surface area contributed by atoms with Gasteiger partial charge in [0.1, 0.15) is 18.7 Å². The smallest absolute Gasteiger partial charge is 0.244 e. The van der Waals surface area contributed by atoms with E-state index in [0.717, 1.165) is 37.8 Å². The van der Waals surface area contributed by atoms with E-state index in [-0.39, 0.29) is 11.9 Å². The molecule has 1 saturated carbocycles. The third-order valence-electron chi connectivity index (χ3n) is 5.84. The first-order valence-electron chi connectivity index (χ1n) is 10.1. The quantitative estimate of drug-likeness (QED) is 0.868. The predicted octanol–water partition coefficient (Wildman–Crippen LogP) is 1.89. The van der Waals surface area contributed by atoms with Crippen LogP contribution in [-0.4, -0.2) is 47.9 Å². The molecule has 1 fully saturated rings. The summed E-state index contributed by atoms with van der Waals surface area (Å²) in [6.07, 6.45) is 10.9. The summed E-state index contributed by atoms with van der Waals surface area (Å²) in [4.78, 5) is 18.9. The molecule has 8 heteroatoms. The lowest BCUT2D eigenvalue weighted by Crippen LogP contribution is -2.36. The summed E-state index contributed by atoms with van der Waals surface area (Å²) < 4.78 is 3.69. The molecule has 0 aromatic carbocycles. The van der Waals surface area contributed by atoms with E-state index in [4.69, 9.17) is 5.10 Å². The van der Waals surface area contributed by atoms with Crippen LogP contribution in [0.3, 0.4) is 0 Å². The average Bonchev–Trinajstić information content (AvgIpc) is 3.32. The molecule has 1 amide bonds. The normalized spacial score (nSPS) is 20.0. The summed E-state index contributed by atoms with van der Waals surface area (Å²) in [6.45, 7) is 5.36. The number of aromatic nitrogens is 5. The minimum absolute atomic E-state index is 0.0764. The number of hydrogen-bond acceptors (Lipinski definition) is 5. The molecule has 3 heterocycles. The molecule has 0 unspecified atom stereocenters. The first kappa shape index (κ1) is 18.2. The van der Waals surface area contributed by atoms with Crippen molar-refractivity contribution in [2.24, 2.45) is 0 Å². The van der Waals surface area contributed by atoms with Crippen molar-refractivity contribution in [3.63, 3.8) is 0 Å². The van der Waals surface area contributed by atoms with E-state index in [9.17, 15) is 4.79 Å². The van der Waals surface area contributed by atoms with Crippen molar-refractivity contribution >= 4 is 5.91 Å². The zero-order chi connectivity index (χ0) is 18.6. The van der Waals surface area contributed by atoms with Crippen LogP contribution >= 0.6 is 0 Å². The van der Waals surface area contributed by atoms with Crippen LogP contribution in [0.4, 0.5) is 0 Å². The Hall–Kier alpha value is -2.22. The second kappa shape index (κ2) is 8.21. The van der Waals surface area contributed by atoms with Crippen molar-refractivity contribution in [3.05, 3.63) is 30.1 Å². The molecule has 8 nitrogen and oxygen atoms in total. The maximum Gasteiger partial charge on any atom is 0.244 e. The van der Waals surface area contributed by atoms with Gasteiger partial charge in [0.2, 0.25) is 5.91 Å². The van der Waals surface area contributed by atoms with Crippen molar-refractivity contribution in [2.45, 2.75) is 77.2 Å². The Morgan fingerprint density at radius 1 is 1.26 bits per heavy atom. The summed E-state index contributed by atoms with van der Waals surface area (Å²) in [5, 5.41) is 11.7. The minimum atomic E-state index is -0.380. The topological polar surface area (TPSA) is 80.9 Å². The van der Waals surface area contributed by atoms with Gasteiger partial charge in [-0.1, -0.05) is 19.3 Å². The molecule has 1 atom stereocenters. The summed E-state index contributed by atoms with van der Waals surface area (Å²) in [5.74, 6) is -0.0764. The second-order valence-electron chi connectivity index (χ2n) is 7.74. The number of hydrogen-bond donors (Lipinski definition) is 1. The highest BCUT2D eigenvalue weighted by atomic mass is 16.2. The van der Waals surface area contributed by atoms with Gasteiger partial charge >= 0.3 is 0 Å². The van der Waals surface area contributed by atoms with E-state index in [1.165, 1.54) is 44.1 Å². The number of amides is 1. The highest BCUT2D eigenvalue weighted by Gasteiger charge is 2.25. The number of aryl methyl sites for hydroxylation is 1. The zero-order valence-corrected chi connectivity index (χ0v) is 16.0. The summed E-state index contributed by atoms with van der Waals surface area (Å²) >= 11 is 0. The molecule has 27 heavy (non-hydrogen) atoms. The van der Waals surface area contributed by atoms with E-state index in [1.54, 1.807) is 11.0 Å². The van der Waals surface area contributed by atoms with Crippen LogP contribution in [0.5, 0.6) is 0 Å². The van der Waals surface area contributed by atoms with Crippen molar-refractivity contribution in [3.8, 4) is 0 Å². The molecule has 4 rings (SSSR count). The van der Waals surface area contributed by atoms with Gasteiger partial charge in [0.05, 0.1) is 17.9 Å². The highest BCUT2D eigenvalue weighted by molar-refractivity contribution is 5.79. The lowest BCUT2D eigenvalue weighted by molar-refractivity contribution is -0.124. The van der Waals surface area contributed by atoms with Crippen LogP contribution in [0.1, 0.15) is 62.9 Å². The number of rotatable bonds is 5. The predicted molar refractivity (Wildman–Crippen MR) is 101 cm³/mol. The first-order valence-corrected chi connectivity index (χ1v) is 10.1. The lowest BCUT2D eigenvalue weighted by Gasteiger charge is -2.33. The fraction of sp³-hybridized carbons (Fsp3) is 0.684. The maximum absolute atomic E-state index is 12.3. The summed E-state index contributed by atoms with van der Waals surface area (Å²) in [5.41, 5.74) is 2.20. The van der Waals surface area contributed by atoms with Gasteiger partial charge in [-0.25, -0.2) is 9.67 Å². The van der Waals surface area contributed by atoms with Gasteiger partial charge in [0.25, 0.3) is 0 Å². The van der Waals surface area contributed by atoms with Gasteiger partial charge in [0, 0.05) is 25.7 Å². The van der Waals surface area contributed by atoms with E-state index in [1.807, 2.05) is 6.92 Å². The standard InChI is InChI=1S/C19H29N7O/c1-15(26-14-20-13-22-26)19(27)21-11-16-10-18-12-24(8-5-9-25(18)23-16)17-6-3-2-4-7-17/h10,13-15,17H,2-9,11-12H2,1H3,(H,21,27)/t15-/m1/s1. The van der Waals surface area contributed by atoms with E-state index in [2.05, 4.69) is 31.0 Å². The van der Waals surface area contributed by atoms with Crippen LogP contribution < -0.4 is 5.32 Å². The molecule has 1 aliphatic carbocycles. The molecule has 2 aromatic rings. The molecule has 0 saturated heterocycles. The fourth-order valence-corrected chi connectivity index (χ4v) is 4.25. The van der Waals surface area contributed by atoms with Gasteiger partial charge in [-0.05, 0) is 32.3 Å². The highest BCUT2D eigenvalue weighted by Crippen LogP contribution is 2.26. The van der Waals surface area contributed by atoms with Crippen LogP contribution in [0, 0.1) is 0 Å². The molecule has 2 aliphatic rings. The molecule has 0 bridgehead atoms. The monoisotopic (exact) mass is 371 g/mol. The summed E-state index contributed by atoms with van der Waals surface area (Å²) in [6, 6.07) is 2.50. The van der Waals surface area contributed by atoms with Crippen molar-refractivity contribution in [1.82, 2.24) is 34.8 Å². The number of carbonyl (C=O) groups excluding carboxylic acids is 1. The van der Waals surface area contributed by atoms with Gasteiger partial charge < -0.3 is 5.32 Å². The number of nitrogens with one attached hydrogen (secondary N) is 1. The van der Waals surface area contributed by atoms with E-state index >= 15 is 0 Å². The Morgan fingerprint density at radius 2 is 2.11 bits per heavy atom. The number of nitrogens with zero attached hydrogens (tertiary/aromatic N) is 6. The van der Waals surface area contributed by atoms with Crippen LogP contribution in [0.2, 0.25) is 0 Å². The van der Waals surface area contributed by atoms with Gasteiger partial charge in [-0.2, -0.15) is 10.2 Å². The van der Waals surface area contributed by atoms with Crippen molar-refractivity contribution in [2.75, 3.05) is 6.54 Å². The van der Waals surface area contributed by atoms with Crippen LogP contribution in [0.25, 0.3) is 0 Å². The number of fused-ring (bicyclic) bond motifs is 1. The Kier molecular flexibility index (Phi) is 5.52. The molecule has 146 valence electrons. The van der Waals surface area contributed by atoms with E-state index in [0.29, 0.717) is 6.54 Å². The first-order chi connectivity index (χ1) is 13.2. The fourth-order valence-electron chi connectivity index (χ4n) is 4.25. The molecule has 2 aromatic heterocycles. The Morgan fingerprint density at radius 3 is 2.89 bits per heavy atom. The van der Waals surface area contributed by atoms with Crippen LogP contribution in [-0.2, 0) is 24.4 Å². The van der Waals surface area contributed by atoms with Gasteiger partial charge in [0.15, 0.2) is 0 Å². The third kappa shape index (κ3) is 4.21. The van der Waals surface area contributed by atoms with Gasteiger partial charge in [-0.15, -0.1) is 0 Å². The Balaban J connectivity index is 1.36. The molecule has 0 spiro atoms. The SMILES string of the molecule is C[C@H](C(=O)NCc1cc2n(n1)CCCN(C1CCCCC1)C2)n1cncn1. The Bertz CT molecular complexity index is 748. The molecule has 0 radical (unpaired) electrons. The van der Waals surface area contributed by atoms with Crippen molar-refractivity contribution < 1.29 is 4.79 Å². The minimum Gasteiger partial charge on any atom is -0.349 e. The van der Waals surface area contributed by atoms with Crippen molar-refractivity contribution in [1.29, 1.82) is 0 Å². The molecule has 1 aliphatic heterocycles. The average molecular weight is 371 g/mol. The molecular weight excluding hydrogens is 342 g/mol. The zero-order valence-electron chi connectivity index (χ0n) is 16.0. The van der Waals surface area contributed by atoms with Gasteiger partial charge in [-0.3, -0.25) is 14.4 Å². The van der Waals surface area contributed by atoms with E-state index < -0.39 is 0 Å². The maximum atomic E-state index is 12.3.